The van der Waals surface area contributed by atoms with Gasteiger partial charge in [-0.15, -0.1) is 0 Å². The van der Waals surface area contributed by atoms with E-state index >= 15 is 0 Å². The molecule has 3 rings (SSSR count). The van der Waals surface area contributed by atoms with Crippen LogP contribution in [0, 0.1) is 6.92 Å². The van der Waals surface area contributed by atoms with E-state index in [-0.39, 0.29) is 24.2 Å². The number of hydrogen-bond donors (Lipinski definition) is 1. The number of amides is 2. The Morgan fingerprint density at radius 2 is 1.82 bits per heavy atom. The maximum Gasteiger partial charge on any atom is 0.244 e. The standard InChI is InChI=1S/C28H38ClN3O5S/c1-5-24(28(34)30-22-12-7-6-8-13-22)31(18-21-11-9-10-14-23(21)29)27(33)19-32(38(4,35)36)25-17-20(2)15-16-26(25)37-3/h9-11,14-17,22,24H,5-8,12-13,18-19H2,1-4H3,(H,30,34)/t24-/m0/s1. The van der Waals surface area contributed by atoms with Gasteiger partial charge in [0.05, 0.1) is 19.1 Å². The zero-order chi connectivity index (χ0) is 27.9. The molecule has 1 aliphatic carbocycles. The summed E-state index contributed by atoms with van der Waals surface area (Å²) in [4.78, 5) is 28.8. The van der Waals surface area contributed by atoms with Gasteiger partial charge in [0.15, 0.2) is 0 Å². The van der Waals surface area contributed by atoms with Gasteiger partial charge < -0.3 is 15.0 Å². The molecule has 1 atom stereocenters. The first-order valence-electron chi connectivity index (χ1n) is 13.0. The van der Waals surface area contributed by atoms with Crippen LogP contribution in [0.15, 0.2) is 42.5 Å². The van der Waals surface area contributed by atoms with Crippen LogP contribution in [0.25, 0.3) is 0 Å². The Morgan fingerprint density at radius 3 is 2.42 bits per heavy atom. The predicted octanol–water partition coefficient (Wildman–Crippen LogP) is 4.68. The van der Waals surface area contributed by atoms with Crippen LogP contribution in [0.3, 0.4) is 0 Å². The number of nitrogens with zero attached hydrogens (tertiary/aromatic N) is 2. The second-order valence-electron chi connectivity index (χ2n) is 9.83. The van der Waals surface area contributed by atoms with E-state index in [1.165, 1.54) is 12.0 Å². The average Bonchev–Trinajstić information content (AvgIpc) is 2.88. The molecule has 0 bridgehead atoms. The third-order valence-corrected chi connectivity index (χ3v) is 8.41. The quantitative estimate of drug-likeness (QED) is 0.428. The zero-order valence-corrected chi connectivity index (χ0v) is 24.1. The minimum atomic E-state index is -3.87. The van der Waals surface area contributed by atoms with Crippen molar-refractivity contribution in [3.05, 3.63) is 58.6 Å². The van der Waals surface area contributed by atoms with Gasteiger partial charge in [-0.2, -0.15) is 0 Å². The second-order valence-corrected chi connectivity index (χ2v) is 12.1. The summed E-state index contributed by atoms with van der Waals surface area (Å²) in [6, 6.07) is 11.5. The first kappa shape index (κ1) is 29.8. The lowest BCUT2D eigenvalue weighted by Crippen LogP contribution is -2.54. The average molecular weight is 564 g/mol. The van der Waals surface area contributed by atoms with Gasteiger partial charge in [-0.05, 0) is 55.5 Å². The summed E-state index contributed by atoms with van der Waals surface area (Å²) in [6.45, 7) is 3.25. The lowest BCUT2D eigenvalue weighted by atomic mass is 9.95. The van der Waals surface area contributed by atoms with Crippen LogP contribution in [-0.2, 0) is 26.2 Å². The number of sulfonamides is 1. The number of anilines is 1. The fourth-order valence-electron chi connectivity index (χ4n) is 4.86. The van der Waals surface area contributed by atoms with Crippen molar-refractivity contribution in [2.75, 3.05) is 24.2 Å². The molecule has 38 heavy (non-hydrogen) atoms. The van der Waals surface area contributed by atoms with Gasteiger partial charge in [0.1, 0.15) is 18.3 Å². The Hall–Kier alpha value is -2.78. The number of nitrogens with one attached hydrogen (secondary N) is 1. The van der Waals surface area contributed by atoms with Crippen molar-refractivity contribution in [3.63, 3.8) is 0 Å². The Morgan fingerprint density at radius 1 is 1.13 bits per heavy atom. The molecule has 1 saturated carbocycles. The molecule has 2 amide bonds. The van der Waals surface area contributed by atoms with Gasteiger partial charge in [-0.1, -0.05) is 62.1 Å². The maximum absolute atomic E-state index is 13.9. The molecule has 8 nitrogen and oxygen atoms in total. The Balaban J connectivity index is 1.97. The van der Waals surface area contributed by atoms with E-state index < -0.39 is 28.5 Å². The normalized spacial score (nSPS) is 15.0. The third-order valence-electron chi connectivity index (χ3n) is 6.92. The molecule has 2 aromatic carbocycles. The Kier molecular flexibility index (Phi) is 10.4. The molecule has 0 aliphatic heterocycles. The van der Waals surface area contributed by atoms with Crippen molar-refractivity contribution in [3.8, 4) is 5.75 Å². The van der Waals surface area contributed by atoms with Crippen LogP contribution in [-0.4, -0.2) is 57.1 Å². The van der Waals surface area contributed by atoms with Gasteiger partial charge in [-0.3, -0.25) is 13.9 Å². The Labute approximate surface area is 231 Å². The summed E-state index contributed by atoms with van der Waals surface area (Å²) < 4.78 is 32.3. The van der Waals surface area contributed by atoms with Crippen LogP contribution in [0.5, 0.6) is 5.75 Å². The van der Waals surface area contributed by atoms with E-state index in [0.29, 0.717) is 22.8 Å². The van der Waals surface area contributed by atoms with Crippen molar-refractivity contribution in [2.24, 2.45) is 0 Å². The predicted molar refractivity (Wildman–Crippen MR) is 151 cm³/mol. The number of methoxy groups -OCH3 is 1. The van der Waals surface area contributed by atoms with E-state index in [2.05, 4.69) is 5.32 Å². The summed E-state index contributed by atoms with van der Waals surface area (Å²) >= 11 is 6.43. The van der Waals surface area contributed by atoms with Gasteiger partial charge in [0.25, 0.3) is 0 Å². The minimum absolute atomic E-state index is 0.0671. The van der Waals surface area contributed by atoms with Crippen molar-refractivity contribution >= 4 is 39.1 Å². The first-order valence-corrected chi connectivity index (χ1v) is 15.2. The lowest BCUT2D eigenvalue weighted by molar-refractivity contribution is -0.140. The van der Waals surface area contributed by atoms with Crippen LogP contribution in [0.1, 0.15) is 56.6 Å². The number of carbonyl (C=O) groups excluding carboxylic acids is 2. The van der Waals surface area contributed by atoms with Crippen LogP contribution < -0.4 is 14.4 Å². The van der Waals surface area contributed by atoms with E-state index in [4.69, 9.17) is 16.3 Å². The number of aryl methyl sites for hydroxylation is 1. The van der Waals surface area contributed by atoms with Gasteiger partial charge in [0.2, 0.25) is 21.8 Å². The highest BCUT2D eigenvalue weighted by Crippen LogP contribution is 2.31. The molecule has 1 fully saturated rings. The van der Waals surface area contributed by atoms with Gasteiger partial charge >= 0.3 is 0 Å². The van der Waals surface area contributed by atoms with E-state index in [1.54, 1.807) is 36.4 Å². The molecule has 0 spiro atoms. The van der Waals surface area contributed by atoms with E-state index in [9.17, 15) is 18.0 Å². The summed E-state index contributed by atoms with van der Waals surface area (Å²) in [7, 11) is -2.43. The molecule has 0 saturated heterocycles. The maximum atomic E-state index is 13.9. The fourth-order valence-corrected chi connectivity index (χ4v) is 5.90. The molecule has 1 aliphatic rings. The number of halogens is 1. The van der Waals surface area contributed by atoms with Gasteiger partial charge in [-0.25, -0.2) is 8.42 Å². The number of carbonyl (C=O) groups is 2. The molecule has 0 unspecified atom stereocenters. The highest BCUT2D eigenvalue weighted by Gasteiger charge is 2.33. The molecular weight excluding hydrogens is 526 g/mol. The van der Waals surface area contributed by atoms with Crippen LogP contribution >= 0.6 is 11.6 Å². The second kappa shape index (κ2) is 13.3. The van der Waals surface area contributed by atoms with Crippen molar-refractivity contribution in [2.45, 2.75) is 71.0 Å². The van der Waals surface area contributed by atoms with Crippen LogP contribution in [0.4, 0.5) is 5.69 Å². The zero-order valence-electron chi connectivity index (χ0n) is 22.6. The smallest absolute Gasteiger partial charge is 0.244 e. The SMILES string of the molecule is CC[C@@H](C(=O)NC1CCCCC1)N(Cc1ccccc1Cl)C(=O)CN(c1cc(C)ccc1OC)S(C)(=O)=O. The summed E-state index contributed by atoms with van der Waals surface area (Å²) in [5.41, 5.74) is 1.75. The Bertz CT molecular complexity index is 1230. The third kappa shape index (κ3) is 7.63. The molecule has 0 heterocycles. The van der Waals surface area contributed by atoms with Crippen molar-refractivity contribution in [1.82, 2.24) is 10.2 Å². The van der Waals surface area contributed by atoms with Crippen LogP contribution in [0.2, 0.25) is 5.02 Å². The molecule has 1 N–H and O–H groups in total. The minimum Gasteiger partial charge on any atom is -0.495 e. The molecular formula is C28H38ClN3O5S. The number of rotatable bonds is 11. The molecule has 0 aromatic heterocycles. The topological polar surface area (TPSA) is 96.0 Å². The van der Waals surface area contributed by atoms with Crippen molar-refractivity contribution in [1.29, 1.82) is 0 Å². The highest BCUT2D eigenvalue weighted by molar-refractivity contribution is 7.92. The van der Waals surface area contributed by atoms with E-state index in [0.717, 1.165) is 48.2 Å². The lowest BCUT2D eigenvalue weighted by Gasteiger charge is -2.34. The number of benzene rings is 2. The molecule has 2 aromatic rings. The fraction of sp³-hybridized carbons (Fsp3) is 0.500. The van der Waals surface area contributed by atoms with Gasteiger partial charge in [0, 0.05) is 17.6 Å². The summed E-state index contributed by atoms with van der Waals surface area (Å²) in [5.74, 6) is -0.419. The largest absolute Gasteiger partial charge is 0.495 e. The highest BCUT2D eigenvalue weighted by atomic mass is 35.5. The number of ether oxygens (including phenoxy) is 1. The first-order chi connectivity index (χ1) is 18.0. The molecule has 0 radical (unpaired) electrons. The monoisotopic (exact) mass is 563 g/mol. The molecule has 208 valence electrons. The molecule has 10 heteroatoms. The summed E-state index contributed by atoms with van der Waals surface area (Å²) in [5, 5.41) is 3.59. The van der Waals surface area contributed by atoms with E-state index in [1.807, 2.05) is 19.9 Å². The summed E-state index contributed by atoms with van der Waals surface area (Å²) in [6.07, 6.45) is 6.52. The number of hydrogen-bond acceptors (Lipinski definition) is 5. The van der Waals surface area contributed by atoms with Crippen molar-refractivity contribution < 1.29 is 22.7 Å².